The van der Waals surface area contributed by atoms with E-state index in [2.05, 4.69) is 24.5 Å². The molecule has 0 heterocycles. The van der Waals surface area contributed by atoms with Crippen molar-refractivity contribution in [2.75, 3.05) is 20.1 Å². The molecule has 116 valence electrons. The number of hydrogen-bond donors (Lipinski definition) is 3. The summed E-state index contributed by atoms with van der Waals surface area (Å²) in [6.07, 6.45) is 0.894. The Labute approximate surface area is 126 Å². The third-order valence-electron chi connectivity index (χ3n) is 3.18. The van der Waals surface area contributed by atoms with Crippen molar-refractivity contribution in [3.8, 4) is 0 Å². The Hall–Kier alpha value is -1.88. The highest BCUT2D eigenvalue weighted by Gasteiger charge is 2.16. The first-order valence-electron chi connectivity index (χ1n) is 7.39. The van der Waals surface area contributed by atoms with Crippen LogP contribution in [0.4, 0.5) is 0 Å². The number of nitrogens with one attached hydrogen (secondary N) is 2. The van der Waals surface area contributed by atoms with E-state index in [0.29, 0.717) is 5.92 Å². The lowest BCUT2D eigenvalue weighted by molar-refractivity contribution is -0.633. The summed E-state index contributed by atoms with van der Waals surface area (Å²) in [7, 11) is 1.59. The van der Waals surface area contributed by atoms with E-state index in [1.807, 2.05) is 30.3 Å². The molecule has 0 unspecified atom stereocenters. The van der Waals surface area contributed by atoms with Crippen LogP contribution in [0.1, 0.15) is 31.9 Å². The van der Waals surface area contributed by atoms with Gasteiger partial charge < -0.3 is 16.0 Å². The maximum Gasteiger partial charge on any atom is 0.275 e. The Morgan fingerprint density at radius 1 is 1.10 bits per heavy atom. The van der Waals surface area contributed by atoms with Crippen molar-refractivity contribution >= 4 is 11.8 Å². The SMILES string of the molecule is CNC(=O)C[NH2+]CC(=O)N[C@@H](CC(C)C)c1ccccc1. The average Bonchev–Trinajstić information content (AvgIpc) is 2.46. The van der Waals surface area contributed by atoms with Crippen molar-refractivity contribution in [2.24, 2.45) is 5.92 Å². The summed E-state index contributed by atoms with van der Waals surface area (Å²) in [6.45, 7) is 4.80. The molecule has 0 spiro atoms. The van der Waals surface area contributed by atoms with Gasteiger partial charge in [-0.2, -0.15) is 0 Å². The molecule has 0 radical (unpaired) electrons. The van der Waals surface area contributed by atoms with Gasteiger partial charge in [0.25, 0.3) is 11.8 Å². The first kappa shape index (κ1) is 17.2. The molecule has 0 aliphatic heterocycles. The fourth-order valence-electron chi connectivity index (χ4n) is 2.12. The van der Waals surface area contributed by atoms with Gasteiger partial charge in [0.05, 0.1) is 6.04 Å². The van der Waals surface area contributed by atoms with Crippen LogP contribution in [0.2, 0.25) is 0 Å². The molecular formula is C16H26N3O2+. The van der Waals surface area contributed by atoms with E-state index in [9.17, 15) is 9.59 Å². The highest BCUT2D eigenvalue weighted by molar-refractivity contribution is 5.78. The zero-order valence-corrected chi connectivity index (χ0v) is 13.1. The minimum atomic E-state index is -0.0791. The molecule has 2 amide bonds. The summed E-state index contributed by atoms with van der Waals surface area (Å²) < 4.78 is 0. The smallest absolute Gasteiger partial charge is 0.275 e. The van der Waals surface area contributed by atoms with Gasteiger partial charge in [-0.15, -0.1) is 0 Å². The number of carbonyl (C=O) groups is 2. The summed E-state index contributed by atoms with van der Waals surface area (Å²) in [5.74, 6) is 0.364. The molecule has 0 aromatic heterocycles. The molecule has 1 rings (SSSR count). The molecule has 21 heavy (non-hydrogen) atoms. The van der Waals surface area contributed by atoms with E-state index in [0.717, 1.165) is 12.0 Å². The number of rotatable bonds is 8. The minimum absolute atomic E-state index is 0.0205. The fourth-order valence-corrected chi connectivity index (χ4v) is 2.12. The van der Waals surface area contributed by atoms with Crippen LogP contribution in [0.15, 0.2) is 30.3 Å². The van der Waals surface area contributed by atoms with Crippen LogP contribution >= 0.6 is 0 Å². The standard InChI is InChI=1S/C16H25N3O2/c1-12(2)9-14(13-7-5-4-6-8-13)19-16(21)11-18-10-15(20)17-3/h4-8,12,14,18H,9-11H2,1-3H3,(H,17,20)(H,19,21)/p+1/t14-/m0/s1. The number of hydrogen-bond acceptors (Lipinski definition) is 2. The van der Waals surface area contributed by atoms with Gasteiger partial charge >= 0.3 is 0 Å². The second-order valence-electron chi connectivity index (χ2n) is 5.53. The van der Waals surface area contributed by atoms with Gasteiger partial charge in [0.15, 0.2) is 13.1 Å². The van der Waals surface area contributed by atoms with Crippen LogP contribution in [-0.4, -0.2) is 32.0 Å². The number of nitrogens with two attached hydrogens (primary N) is 1. The first-order valence-corrected chi connectivity index (χ1v) is 7.39. The zero-order valence-electron chi connectivity index (χ0n) is 13.1. The average molecular weight is 292 g/mol. The molecule has 0 aliphatic carbocycles. The van der Waals surface area contributed by atoms with Crippen molar-refractivity contribution in [3.63, 3.8) is 0 Å². The largest absolute Gasteiger partial charge is 0.354 e. The maximum atomic E-state index is 12.0. The Morgan fingerprint density at radius 2 is 1.71 bits per heavy atom. The topological polar surface area (TPSA) is 74.8 Å². The van der Waals surface area contributed by atoms with Crippen molar-refractivity contribution in [1.29, 1.82) is 0 Å². The molecule has 5 nitrogen and oxygen atoms in total. The van der Waals surface area contributed by atoms with Crippen LogP contribution < -0.4 is 16.0 Å². The summed E-state index contributed by atoms with van der Waals surface area (Å²) in [5.41, 5.74) is 1.12. The second-order valence-corrected chi connectivity index (χ2v) is 5.53. The van der Waals surface area contributed by atoms with Crippen molar-refractivity contribution in [2.45, 2.75) is 26.3 Å². The third-order valence-corrected chi connectivity index (χ3v) is 3.18. The van der Waals surface area contributed by atoms with E-state index in [-0.39, 0.29) is 30.9 Å². The maximum absolute atomic E-state index is 12.0. The second kappa shape index (κ2) is 9.13. The monoisotopic (exact) mass is 292 g/mol. The van der Waals surface area contributed by atoms with Gasteiger partial charge in [0.2, 0.25) is 0 Å². The van der Waals surface area contributed by atoms with Gasteiger partial charge in [0, 0.05) is 7.05 Å². The number of likely N-dealkylation sites (N-methyl/N-ethyl adjacent to an activating group) is 1. The van der Waals surface area contributed by atoms with E-state index in [4.69, 9.17) is 0 Å². The number of quaternary nitrogens is 1. The number of carbonyl (C=O) groups excluding carboxylic acids is 2. The van der Waals surface area contributed by atoms with Gasteiger partial charge in [-0.3, -0.25) is 9.59 Å². The lowest BCUT2D eigenvalue weighted by atomic mass is 9.97. The Morgan fingerprint density at radius 3 is 2.29 bits per heavy atom. The highest BCUT2D eigenvalue weighted by Crippen LogP contribution is 2.20. The lowest BCUT2D eigenvalue weighted by Crippen LogP contribution is -2.88. The summed E-state index contributed by atoms with van der Waals surface area (Å²) in [5, 5.41) is 7.28. The normalized spacial score (nSPS) is 12.0. The molecule has 1 aromatic carbocycles. The van der Waals surface area contributed by atoms with Crippen LogP contribution in [0.5, 0.6) is 0 Å². The molecule has 0 bridgehead atoms. The van der Waals surface area contributed by atoms with E-state index in [1.54, 1.807) is 12.4 Å². The summed E-state index contributed by atoms with van der Waals surface area (Å²) >= 11 is 0. The van der Waals surface area contributed by atoms with Crippen molar-refractivity contribution < 1.29 is 14.9 Å². The van der Waals surface area contributed by atoms with Crippen molar-refractivity contribution in [3.05, 3.63) is 35.9 Å². The zero-order chi connectivity index (χ0) is 15.7. The Balaban J connectivity index is 2.53. The van der Waals surface area contributed by atoms with E-state index < -0.39 is 0 Å². The Bertz CT molecular complexity index is 446. The van der Waals surface area contributed by atoms with Crippen LogP contribution in [0.25, 0.3) is 0 Å². The van der Waals surface area contributed by atoms with Gasteiger partial charge in [-0.05, 0) is 17.9 Å². The molecule has 0 fully saturated rings. The van der Waals surface area contributed by atoms with E-state index in [1.165, 1.54) is 0 Å². The highest BCUT2D eigenvalue weighted by atomic mass is 16.2. The predicted molar refractivity (Wildman–Crippen MR) is 82.5 cm³/mol. The summed E-state index contributed by atoms with van der Waals surface area (Å²) in [4.78, 5) is 23.1. The number of amides is 2. The quantitative estimate of drug-likeness (QED) is 0.640. The molecule has 0 saturated heterocycles. The lowest BCUT2D eigenvalue weighted by Gasteiger charge is -2.20. The third kappa shape index (κ3) is 6.90. The molecule has 1 atom stereocenters. The first-order chi connectivity index (χ1) is 10.0. The predicted octanol–water partition coefficient (Wildman–Crippen LogP) is 0.199. The summed E-state index contributed by atoms with van der Waals surface area (Å²) in [6, 6.07) is 10.0. The van der Waals surface area contributed by atoms with Crippen LogP contribution in [0.3, 0.4) is 0 Å². The molecule has 4 N–H and O–H groups in total. The fraction of sp³-hybridized carbons (Fsp3) is 0.500. The van der Waals surface area contributed by atoms with Gasteiger partial charge in [-0.25, -0.2) is 0 Å². The molecule has 0 aliphatic rings. The molecule has 1 aromatic rings. The molecular weight excluding hydrogens is 266 g/mol. The van der Waals surface area contributed by atoms with Crippen LogP contribution in [0, 0.1) is 5.92 Å². The van der Waals surface area contributed by atoms with Gasteiger partial charge in [0.1, 0.15) is 0 Å². The molecule has 0 saturated carbocycles. The van der Waals surface area contributed by atoms with Crippen LogP contribution in [-0.2, 0) is 9.59 Å². The van der Waals surface area contributed by atoms with Gasteiger partial charge in [-0.1, -0.05) is 44.2 Å². The molecule has 5 heteroatoms. The van der Waals surface area contributed by atoms with Crippen molar-refractivity contribution in [1.82, 2.24) is 10.6 Å². The van der Waals surface area contributed by atoms with E-state index >= 15 is 0 Å². The Kier molecular flexibility index (Phi) is 7.46. The minimum Gasteiger partial charge on any atom is -0.354 e. The number of benzene rings is 1.